The number of hydrogen-bond acceptors (Lipinski definition) is 3. The van der Waals surface area contributed by atoms with Crippen molar-refractivity contribution in [3.05, 3.63) is 29.7 Å². The Morgan fingerprint density at radius 3 is 3.08 bits per heavy atom. The predicted octanol–water partition coefficient (Wildman–Crippen LogP) is 1.51. The maximum atomic E-state index is 4.35. The third-order valence-corrected chi connectivity index (χ3v) is 2.08. The van der Waals surface area contributed by atoms with Crippen LogP contribution in [0.1, 0.15) is 11.4 Å². The van der Waals surface area contributed by atoms with Gasteiger partial charge < -0.3 is 0 Å². The van der Waals surface area contributed by atoms with Gasteiger partial charge in [-0.25, -0.2) is 9.50 Å². The maximum absolute atomic E-state index is 4.35. The summed E-state index contributed by atoms with van der Waals surface area (Å²) in [5.41, 5.74) is 2.09. The van der Waals surface area contributed by atoms with Gasteiger partial charge in [-0.3, -0.25) is 0 Å². The molecular formula is C9H11N3S. The summed E-state index contributed by atoms with van der Waals surface area (Å²) in [6.07, 6.45) is 2.80. The van der Waals surface area contributed by atoms with E-state index < -0.39 is 0 Å². The highest BCUT2D eigenvalue weighted by Crippen LogP contribution is 2.04. The van der Waals surface area contributed by atoms with Gasteiger partial charge in [-0.05, 0) is 24.3 Å². The molecule has 13 heavy (non-hydrogen) atoms. The van der Waals surface area contributed by atoms with Gasteiger partial charge in [0.05, 0.1) is 0 Å². The summed E-state index contributed by atoms with van der Waals surface area (Å²) in [7, 11) is 0. The molecule has 0 N–H and O–H groups in total. The van der Waals surface area contributed by atoms with Gasteiger partial charge in [0, 0.05) is 12.6 Å². The first-order valence-corrected chi connectivity index (χ1v) is 4.85. The fraction of sp³-hybridized carbons (Fsp3) is 0.333. The molecular weight excluding hydrogens is 182 g/mol. The van der Waals surface area contributed by atoms with Crippen molar-refractivity contribution in [2.45, 2.75) is 13.3 Å². The molecule has 3 nitrogen and oxygen atoms in total. The summed E-state index contributed by atoms with van der Waals surface area (Å²) < 4.78 is 1.81. The zero-order valence-electron chi connectivity index (χ0n) is 7.44. The molecule has 0 spiro atoms. The van der Waals surface area contributed by atoms with Gasteiger partial charge >= 0.3 is 0 Å². The van der Waals surface area contributed by atoms with Crippen molar-refractivity contribution in [1.82, 2.24) is 14.6 Å². The highest BCUT2D eigenvalue weighted by atomic mass is 32.1. The van der Waals surface area contributed by atoms with E-state index in [1.54, 1.807) is 0 Å². The van der Waals surface area contributed by atoms with Gasteiger partial charge in [0.2, 0.25) is 0 Å². The Morgan fingerprint density at radius 1 is 1.46 bits per heavy atom. The van der Waals surface area contributed by atoms with Crippen LogP contribution >= 0.6 is 12.6 Å². The van der Waals surface area contributed by atoms with Gasteiger partial charge in [-0.1, -0.05) is 6.07 Å². The van der Waals surface area contributed by atoms with E-state index >= 15 is 0 Å². The van der Waals surface area contributed by atoms with Crippen molar-refractivity contribution in [2.24, 2.45) is 0 Å². The van der Waals surface area contributed by atoms with E-state index in [2.05, 4.69) is 22.7 Å². The molecule has 2 aromatic heterocycles. The zero-order valence-corrected chi connectivity index (χ0v) is 8.33. The van der Waals surface area contributed by atoms with Gasteiger partial charge in [0.15, 0.2) is 11.5 Å². The molecule has 0 aromatic carbocycles. The number of rotatable bonds is 2. The molecule has 0 bridgehead atoms. The lowest BCUT2D eigenvalue weighted by Gasteiger charge is -1.91. The van der Waals surface area contributed by atoms with Gasteiger partial charge in [-0.2, -0.15) is 17.7 Å². The molecule has 0 saturated carbocycles. The number of fused-ring (bicyclic) bond motifs is 1. The maximum Gasteiger partial charge on any atom is 0.155 e. The first-order valence-electron chi connectivity index (χ1n) is 4.22. The second-order valence-corrected chi connectivity index (χ2v) is 3.46. The minimum Gasteiger partial charge on any atom is -0.221 e. The first kappa shape index (κ1) is 8.56. The Kier molecular flexibility index (Phi) is 2.22. The molecule has 0 radical (unpaired) electrons. The molecule has 4 heteroatoms. The lowest BCUT2D eigenvalue weighted by atomic mass is 10.3. The van der Waals surface area contributed by atoms with E-state index in [0.717, 1.165) is 23.6 Å². The molecule has 0 atom stereocenters. The lowest BCUT2D eigenvalue weighted by Crippen LogP contribution is -1.90. The first-order chi connectivity index (χ1) is 6.29. The fourth-order valence-electron chi connectivity index (χ4n) is 1.24. The second-order valence-electron chi connectivity index (χ2n) is 3.01. The molecule has 0 amide bonds. The smallest absolute Gasteiger partial charge is 0.155 e. The van der Waals surface area contributed by atoms with Crippen molar-refractivity contribution >= 4 is 18.3 Å². The highest BCUT2D eigenvalue weighted by molar-refractivity contribution is 7.80. The minimum atomic E-state index is 0.788. The number of pyridine rings is 1. The van der Waals surface area contributed by atoms with E-state index in [9.17, 15) is 0 Å². The van der Waals surface area contributed by atoms with Crippen LogP contribution in [0.5, 0.6) is 0 Å². The molecule has 0 fully saturated rings. The standard InChI is InChI=1S/C9H11N3S/c1-7-2-3-9-10-8(4-5-13)11-12(9)6-7/h2-3,6,13H,4-5H2,1H3. The topological polar surface area (TPSA) is 30.2 Å². The molecule has 0 aliphatic carbocycles. The van der Waals surface area contributed by atoms with Crippen LogP contribution < -0.4 is 0 Å². The minimum absolute atomic E-state index is 0.788. The van der Waals surface area contributed by atoms with Gasteiger partial charge in [-0.15, -0.1) is 0 Å². The van der Waals surface area contributed by atoms with E-state index in [1.807, 2.05) is 29.8 Å². The Hall–Kier alpha value is -1.03. The second kappa shape index (κ2) is 3.38. The fourth-order valence-corrected chi connectivity index (χ4v) is 1.44. The highest BCUT2D eigenvalue weighted by Gasteiger charge is 2.01. The van der Waals surface area contributed by atoms with E-state index in [-0.39, 0.29) is 0 Å². The SMILES string of the molecule is Cc1ccc2nc(CCS)nn2c1. The number of hydrogen-bond donors (Lipinski definition) is 1. The monoisotopic (exact) mass is 193 g/mol. The van der Waals surface area contributed by atoms with E-state index in [0.29, 0.717) is 0 Å². The molecule has 2 aromatic rings. The van der Waals surface area contributed by atoms with Crippen LogP contribution in [0, 0.1) is 6.92 Å². The third-order valence-electron chi connectivity index (χ3n) is 1.86. The van der Waals surface area contributed by atoms with E-state index in [4.69, 9.17) is 0 Å². The third kappa shape index (κ3) is 1.67. The van der Waals surface area contributed by atoms with Crippen LogP contribution in [-0.2, 0) is 6.42 Å². The molecule has 0 aliphatic heterocycles. The molecule has 2 heterocycles. The molecule has 68 valence electrons. The number of thiol groups is 1. The lowest BCUT2D eigenvalue weighted by molar-refractivity contribution is 0.886. The van der Waals surface area contributed by atoms with Crippen molar-refractivity contribution in [3.8, 4) is 0 Å². The molecule has 0 unspecified atom stereocenters. The van der Waals surface area contributed by atoms with Gasteiger partial charge in [0.1, 0.15) is 0 Å². The van der Waals surface area contributed by atoms with Crippen LogP contribution in [0.15, 0.2) is 18.3 Å². The average Bonchev–Trinajstić information content (AvgIpc) is 2.46. The van der Waals surface area contributed by atoms with Crippen molar-refractivity contribution in [1.29, 1.82) is 0 Å². The Labute approximate surface area is 82.2 Å². The Bertz CT molecular complexity index is 422. The largest absolute Gasteiger partial charge is 0.221 e. The molecule has 0 aliphatic rings. The summed E-state index contributed by atoms with van der Waals surface area (Å²) in [6, 6.07) is 4.01. The Morgan fingerprint density at radius 2 is 2.31 bits per heavy atom. The number of nitrogens with zero attached hydrogens (tertiary/aromatic N) is 3. The molecule has 0 saturated heterocycles. The summed E-state index contributed by atoms with van der Waals surface area (Å²) >= 11 is 4.14. The van der Waals surface area contributed by atoms with E-state index in [1.165, 1.54) is 5.56 Å². The normalized spacial score (nSPS) is 10.9. The summed E-state index contributed by atoms with van der Waals surface area (Å²) in [5.74, 6) is 1.65. The Balaban J connectivity index is 2.49. The van der Waals surface area contributed by atoms with Gasteiger partial charge in [0.25, 0.3) is 0 Å². The molecule has 2 rings (SSSR count). The number of aromatic nitrogens is 3. The summed E-state index contributed by atoms with van der Waals surface area (Å²) in [5, 5.41) is 4.32. The zero-order chi connectivity index (χ0) is 9.26. The van der Waals surface area contributed by atoms with Crippen molar-refractivity contribution in [3.63, 3.8) is 0 Å². The van der Waals surface area contributed by atoms with Crippen LogP contribution in [0.4, 0.5) is 0 Å². The quantitative estimate of drug-likeness (QED) is 0.733. The average molecular weight is 193 g/mol. The number of aryl methyl sites for hydroxylation is 2. The summed E-state index contributed by atoms with van der Waals surface area (Å²) in [6.45, 7) is 2.04. The van der Waals surface area contributed by atoms with Crippen LogP contribution in [0.3, 0.4) is 0 Å². The van der Waals surface area contributed by atoms with Crippen molar-refractivity contribution in [2.75, 3.05) is 5.75 Å². The van der Waals surface area contributed by atoms with Crippen LogP contribution in [0.25, 0.3) is 5.65 Å². The van der Waals surface area contributed by atoms with Crippen LogP contribution in [-0.4, -0.2) is 20.4 Å². The van der Waals surface area contributed by atoms with Crippen molar-refractivity contribution < 1.29 is 0 Å². The van der Waals surface area contributed by atoms with Crippen LogP contribution in [0.2, 0.25) is 0 Å². The predicted molar refractivity (Wildman–Crippen MR) is 55.3 cm³/mol. The summed E-state index contributed by atoms with van der Waals surface area (Å²) in [4.78, 5) is 4.35.